The molecule has 0 radical (unpaired) electrons. The number of aliphatic imine (C=N–C) groups is 1. The summed E-state index contributed by atoms with van der Waals surface area (Å²) in [5.41, 5.74) is 0.307. The van der Waals surface area contributed by atoms with Crippen molar-refractivity contribution in [2.45, 2.75) is 32.3 Å². The molecule has 3 atom stereocenters. The molecule has 0 spiro atoms. The summed E-state index contributed by atoms with van der Waals surface area (Å²) in [5, 5.41) is 0. The van der Waals surface area contributed by atoms with E-state index in [-0.39, 0.29) is 23.4 Å². The Morgan fingerprint density at radius 2 is 1.87 bits per heavy atom. The Bertz CT molecular complexity index is 649. The Hall–Kier alpha value is -2.04. The molecule has 5 heteroatoms. The minimum atomic E-state index is -0.449. The molecule has 3 rings (SSSR count). The van der Waals surface area contributed by atoms with Gasteiger partial charge in [0.2, 0.25) is 0 Å². The van der Waals surface area contributed by atoms with Gasteiger partial charge in [0, 0.05) is 5.92 Å². The third kappa shape index (κ3) is 2.48. The quantitative estimate of drug-likeness (QED) is 0.801. The summed E-state index contributed by atoms with van der Waals surface area (Å²) in [6.45, 7) is 6.65. The van der Waals surface area contributed by atoms with Gasteiger partial charge < -0.3 is 14.2 Å². The largest absolute Gasteiger partial charge is 0.497 e. The van der Waals surface area contributed by atoms with Crippen LogP contribution < -0.4 is 4.74 Å². The highest BCUT2D eigenvalue weighted by atomic mass is 16.5. The van der Waals surface area contributed by atoms with Crippen molar-refractivity contribution in [2.75, 3.05) is 20.8 Å². The summed E-state index contributed by atoms with van der Waals surface area (Å²) in [6.07, 6.45) is 0. The zero-order valence-corrected chi connectivity index (χ0v) is 14.3. The zero-order valence-electron chi connectivity index (χ0n) is 14.3. The van der Waals surface area contributed by atoms with Crippen LogP contribution >= 0.6 is 0 Å². The van der Waals surface area contributed by atoms with Gasteiger partial charge in [-0.15, -0.1) is 0 Å². The lowest BCUT2D eigenvalue weighted by atomic mass is 10.0. The van der Waals surface area contributed by atoms with E-state index in [9.17, 15) is 4.79 Å². The number of esters is 1. The van der Waals surface area contributed by atoms with Gasteiger partial charge in [0.05, 0.1) is 32.1 Å². The Morgan fingerprint density at radius 1 is 1.22 bits per heavy atom. The van der Waals surface area contributed by atoms with E-state index in [4.69, 9.17) is 14.2 Å². The molecule has 0 saturated heterocycles. The number of nitrogens with zero attached hydrogens (tertiary/aromatic N) is 1. The Labute approximate surface area is 136 Å². The summed E-state index contributed by atoms with van der Waals surface area (Å²) in [6, 6.07) is 7.80. The molecule has 0 bridgehead atoms. The molecule has 5 nitrogen and oxygen atoms in total. The summed E-state index contributed by atoms with van der Waals surface area (Å²) in [4.78, 5) is 16.8. The van der Waals surface area contributed by atoms with Gasteiger partial charge in [-0.3, -0.25) is 9.79 Å². The number of benzene rings is 1. The molecule has 0 amide bonds. The second-order valence-electron chi connectivity index (χ2n) is 7.02. The van der Waals surface area contributed by atoms with Crippen LogP contribution in [0, 0.1) is 11.3 Å². The fraction of sp³-hybridized carbons (Fsp3) is 0.556. The van der Waals surface area contributed by atoms with Crippen LogP contribution in [0.15, 0.2) is 29.3 Å². The van der Waals surface area contributed by atoms with Gasteiger partial charge in [0.1, 0.15) is 11.4 Å². The van der Waals surface area contributed by atoms with E-state index in [0.717, 1.165) is 11.3 Å². The molecular formula is C18H23NO4. The van der Waals surface area contributed by atoms with Crippen molar-refractivity contribution in [2.24, 2.45) is 16.3 Å². The average Bonchev–Trinajstić information content (AvgIpc) is 3.00. The van der Waals surface area contributed by atoms with Crippen LogP contribution in [0.2, 0.25) is 0 Å². The number of carbonyl (C=O) groups is 1. The second-order valence-corrected chi connectivity index (χ2v) is 7.02. The number of ether oxygens (including phenoxy) is 3. The minimum Gasteiger partial charge on any atom is -0.497 e. The van der Waals surface area contributed by atoms with Gasteiger partial charge in [-0.1, -0.05) is 12.1 Å². The van der Waals surface area contributed by atoms with Crippen LogP contribution in [-0.4, -0.2) is 38.2 Å². The summed E-state index contributed by atoms with van der Waals surface area (Å²) in [7, 11) is 3.06. The molecule has 1 saturated carbocycles. The first-order valence-corrected chi connectivity index (χ1v) is 7.79. The Balaban J connectivity index is 1.92. The molecule has 1 aromatic rings. The number of rotatable bonds is 4. The van der Waals surface area contributed by atoms with Crippen LogP contribution in [0.25, 0.3) is 0 Å². The standard InChI is InChI=1S/C18H23NO4/c1-17(2)10-19-16(23-17)18(3)13(14(18)15(20)22-5)11-6-8-12(21-4)9-7-11/h6-9,13-14H,10H2,1-5H3/t13-,14+,18-/m1/s1. The van der Waals surface area contributed by atoms with Crippen molar-refractivity contribution >= 4 is 11.9 Å². The molecule has 23 heavy (non-hydrogen) atoms. The predicted octanol–water partition coefficient (Wildman–Crippen LogP) is 2.80. The lowest BCUT2D eigenvalue weighted by Gasteiger charge is -2.20. The first kappa shape index (κ1) is 15.8. The van der Waals surface area contributed by atoms with E-state index in [1.165, 1.54) is 7.11 Å². The highest BCUT2D eigenvalue weighted by molar-refractivity contribution is 5.97. The molecule has 0 unspecified atom stereocenters. The summed E-state index contributed by atoms with van der Waals surface area (Å²) < 4.78 is 16.2. The van der Waals surface area contributed by atoms with Gasteiger partial charge in [-0.05, 0) is 38.5 Å². The van der Waals surface area contributed by atoms with Crippen LogP contribution in [0.3, 0.4) is 0 Å². The maximum absolute atomic E-state index is 12.3. The molecule has 124 valence electrons. The van der Waals surface area contributed by atoms with Crippen LogP contribution in [0.4, 0.5) is 0 Å². The van der Waals surface area contributed by atoms with Crippen molar-refractivity contribution in [3.05, 3.63) is 29.8 Å². The van der Waals surface area contributed by atoms with E-state index < -0.39 is 5.41 Å². The summed E-state index contributed by atoms with van der Waals surface area (Å²) in [5.74, 6) is 0.978. The lowest BCUT2D eigenvalue weighted by Crippen LogP contribution is -2.28. The fourth-order valence-corrected chi connectivity index (χ4v) is 3.51. The van der Waals surface area contributed by atoms with Crippen LogP contribution in [-0.2, 0) is 14.3 Å². The second kappa shape index (κ2) is 5.25. The first-order chi connectivity index (χ1) is 10.8. The predicted molar refractivity (Wildman–Crippen MR) is 86.8 cm³/mol. The van der Waals surface area contributed by atoms with Gasteiger partial charge in [-0.2, -0.15) is 0 Å². The Kier molecular flexibility index (Phi) is 3.62. The monoisotopic (exact) mass is 317 g/mol. The fourth-order valence-electron chi connectivity index (χ4n) is 3.51. The highest BCUT2D eigenvalue weighted by Gasteiger charge is 2.71. The van der Waals surface area contributed by atoms with E-state index in [1.54, 1.807) is 7.11 Å². The molecule has 1 fully saturated rings. The number of carbonyl (C=O) groups excluding carboxylic acids is 1. The van der Waals surface area contributed by atoms with Gasteiger partial charge in [-0.25, -0.2) is 0 Å². The molecule has 1 aliphatic heterocycles. The van der Waals surface area contributed by atoms with Gasteiger partial charge in [0.25, 0.3) is 0 Å². The van der Waals surface area contributed by atoms with Crippen LogP contribution in [0.1, 0.15) is 32.3 Å². The van der Waals surface area contributed by atoms with Crippen molar-refractivity contribution in [3.63, 3.8) is 0 Å². The molecule has 1 aromatic carbocycles. The van der Waals surface area contributed by atoms with E-state index in [0.29, 0.717) is 12.4 Å². The zero-order chi connectivity index (χ0) is 16.8. The van der Waals surface area contributed by atoms with E-state index >= 15 is 0 Å². The molecule has 1 aliphatic carbocycles. The maximum Gasteiger partial charge on any atom is 0.310 e. The average molecular weight is 317 g/mol. The SMILES string of the molecule is COC(=O)[C@@H]1[C@@H](c2ccc(OC)cc2)[C@@]1(C)C1=NCC(C)(C)O1. The Morgan fingerprint density at radius 3 is 2.35 bits per heavy atom. The van der Waals surface area contributed by atoms with Gasteiger partial charge >= 0.3 is 5.97 Å². The smallest absolute Gasteiger partial charge is 0.310 e. The van der Waals surface area contributed by atoms with Crippen molar-refractivity contribution in [1.29, 1.82) is 0 Å². The van der Waals surface area contributed by atoms with E-state index in [2.05, 4.69) is 4.99 Å². The van der Waals surface area contributed by atoms with Crippen molar-refractivity contribution in [3.8, 4) is 5.75 Å². The first-order valence-electron chi connectivity index (χ1n) is 7.79. The van der Waals surface area contributed by atoms with E-state index in [1.807, 2.05) is 45.0 Å². The number of hydrogen-bond acceptors (Lipinski definition) is 5. The summed E-state index contributed by atoms with van der Waals surface area (Å²) >= 11 is 0. The van der Waals surface area contributed by atoms with Crippen LogP contribution in [0.5, 0.6) is 5.75 Å². The highest BCUT2D eigenvalue weighted by Crippen LogP contribution is 2.66. The number of hydrogen-bond donors (Lipinski definition) is 0. The topological polar surface area (TPSA) is 57.1 Å². The maximum atomic E-state index is 12.3. The number of methoxy groups -OCH3 is 2. The third-order valence-corrected chi connectivity index (χ3v) is 4.88. The molecule has 2 aliphatic rings. The molecular weight excluding hydrogens is 294 g/mol. The minimum absolute atomic E-state index is 0.00788. The van der Waals surface area contributed by atoms with Crippen molar-refractivity contribution in [1.82, 2.24) is 0 Å². The van der Waals surface area contributed by atoms with Crippen molar-refractivity contribution < 1.29 is 19.0 Å². The molecule has 0 aromatic heterocycles. The lowest BCUT2D eigenvalue weighted by molar-refractivity contribution is -0.142. The normalized spacial score (nSPS) is 31.1. The van der Waals surface area contributed by atoms with Gasteiger partial charge in [0.15, 0.2) is 5.90 Å². The third-order valence-electron chi connectivity index (χ3n) is 4.88. The molecule has 0 N–H and O–H groups in total. The molecule has 1 heterocycles.